The summed E-state index contributed by atoms with van der Waals surface area (Å²) in [4.78, 5) is 12.3. The van der Waals surface area contributed by atoms with Crippen molar-refractivity contribution in [3.8, 4) is 5.75 Å². The Bertz CT molecular complexity index is 633. The van der Waals surface area contributed by atoms with Crippen molar-refractivity contribution >= 4 is 16.9 Å². The van der Waals surface area contributed by atoms with E-state index >= 15 is 0 Å². The zero-order chi connectivity index (χ0) is 16.1. The number of hydrogen-bond donors (Lipinski definition) is 1. The monoisotopic (exact) mass is 305 g/mol. The Hall–Kier alpha value is -2.01. The predicted molar refractivity (Wildman–Crippen MR) is 85.4 cm³/mol. The van der Waals surface area contributed by atoms with E-state index in [1.807, 2.05) is 6.07 Å². The van der Waals surface area contributed by atoms with E-state index < -0.39 is 0 Å². The lowest BCUT2D eigenvalue weighted by atomic mass is 10.0. The lowest BCUT2D eigenvalue weighted by Crippen LogP contribution is -2.38. The Morgan fingerprint density at radius 1 is 1.27 bits per heavy atom. The maximum Gasteiger partial charge on any atom is 0.287 e. The second kappa shape index (κ2) is 7.31. The number of carbonyl (C=O) groups excluding carboxylic acids is 1. The highest BCUT2D eigenvalue weighted by Gasteiger charge is 2.18. The zero-order valence-corrected chi connectivity index (χ0v) is 13.5. The van der Waals surface area contributed by atoms with Gasteiger partial charge in [0.1, 0.15) is 11.3 Å². The standard InChI is InChI=1S/C17H23NO4/c1-11(2)7-13(10-20-3)18-17(19)16-9-12-8-14(21-4)5-6-15(12)22-16/h5-6,8-9,11,13H,7,10H2,1-4H3,(H,18,19). The maximum absolute atomic E-state index is 12.3. The largest absolute Gasteiger partial charge is 0.497 e. The van der Waals surface area contributed by atoms with Gasteiger partial charge in [0.05, 0.1) is 19.8 Å². The molecule has 0 bridgehead atoms. The van der Waals surface area contributed by atoms with Crippen LogP contribution in [0.5, 0.6) is 5.75 Å². The van der Waals surface area contributed by atoms with E-state index in [1.165, 1.54) is 0 Å². The van der Waals surface area contributed by atoms with Crippen LogP contribution in [0.1, 0.15) is 30.8 Å². The van der Waals surface area contributed by atoms with Crippen LogP contribution in [0.15, 0.2) is 28.7 Å². The number of methoxy groups -OCH3 is 2. The smallest absolute Gasteiger partial charge is 0.287 e. The Morgan fingerprint density at radius 3 is 2.68 bits per heavy atom. The molecule has 5 nitrogen and oxygen atoms in total. The number of hydrogen-bond acceptors (Lipinski definition) is 4. The predicted octanol–water partition coefficient (Wildman–Crippen LogP) is 3.23. The second-order valence-electron chi connectivity index (χ2n) is 5.77. The number of amides is 1. The molecule has 2 aromatic rings. The number of fused-ring (bicyclic) bond motifs is 1. The van der Waals surface area contributed by atoms with Gasteiger partial charge < -0.3 is 19.2 Å². The van der Waals surface area contributed by atoms with Gasteiger partial charge in [-0.15, -0.1) is 0 Å². The van der Waals surface area contributed by atoms with E-state index in [1.54, 1.807) is 32.4 Å². The van der Waals surface area contributed by atoms with Crippen molar-refractivity contribution in [3.63, 3.8) is 0 Å². The summed E-state index contributed by atoms with van der Waals surface area (Å²) in [5.74, 6) is 1.28. The minimum absolute atomic E-state index is 0.0275. The number of carbonyl (C=O) groups is 1. The summed E-state index contributed by atoms with van der Waals surface area (Å²) in [7, 11) is 3.24. The van der Waals surface area contributed by atoms with Crippen LogP contribution in [0.2, 0.25) is 0 Å². The first-order chi connectivity index (χ1) is 10.5. The van der Waals surface area contributed by atoms with Crippen molar-refractivity contribution in [2.45, 2.75) is 26.3 Å². The highest BCUT2D eigenvalue weighted by Crippen LogP contribution is 2.24. The van der Waals surface area contributed by atoms with E-state index in [0.29, 0.717) is 23.9 Å². The van der Waals surface area contributed by atoms with E-state index in [-0.39, 0.29) is 11.9 Å². The normalized spacial score (nSPS) is 12.6. The number of nitrogens with one attached hydrogen (secondary N) is 1. The van der Waals surface area contributed by atoms with Crippen LogP contribution in [0, 0.1) is 5.92 Å². The van der Waals surface area contributed by atoms with E-state index in [9.17, 15) is 4.79 Å². The van der Waals surface area contributed by atoms with Gasteiger partial charge in [-0.3, -0.25) is 4.79 Å². The van der Waals surface area contributed by atoms with E-state index in [2.05, 4.69) is 19.2 Å². The summed E-state index contributed by atoms with van der Waals surface area (Å²) in [6, 6.07) is 7.15. The van der Waals surface area contributed by atoms with Crippen LogP contribution >= 0.6 is 0 Å². The van der Waals surface area contributed by atoms with Crippen LogP contribution in [0.25, 0.3) is 11.0 Å². The van der Waals surface area contributed by atoms with Gasteiger partial charge >= 0.3 is 0 Å². The first kappa shape index (κ1) is 16.4. The van der Waals surface area contributed by atoms with Crippen LogP contribution in [-0.2, 0) is 4.74 Å². The van der Waals surface area contributed by atoms with E-state index in [4.69, 9.17) is 13.9 Å². The number of benzene rings is 1. The Labute approximate surface area is 130 Å². The molecule has 0 aliphatic rings. The topological polar surface area (TPSA) is 60.7 Å². The van der Waals surface area contributed by atoms with Crippen molar-refractivity contribution in [3.05, 3.63) is 30.0 Å². The SMILES string of the molecule is COCC(CC(C)C)NC(=O)c1cc2cc(OC)ccc2o1. The van der Waals surface area contributed by atoms with Gasteiger partial charge in [-0.05, 0) is 36.6 Å². The molecule has 0 aliphatic carbocycles. The van der Waals surface area contributed by atoms with Crippen molar-refractivity contribution < 1.29 is 18.7 Å². The van der Waals surface area contributed by atoms with Crippen LogP contribution < -0.4 is 10.1 Å². The fourth-order valence-electron chi connectivity index (χ4n) is 2.46. The number of furan rings is 1. The lowest BCUT2D eigenvalue weighted by molar-refractivity contribution is 0.0859. The molecule has 0 saturated carbocycles. The summed E-state index contributed by atoms with van der Waals surface area (Å²) in [5, 5.41) is 3.81. The molecule has 1 N–H and O–H groups in total. The molecule has 0 fully saturated rings. The molecule has 120 valence electrons. The molecule has 1 aromatic heterocycles. The summed E-state index contributed by atoms with van der Waals surface area (Å²) < 4.78 is 15.9. The fraction of sp³-hybridized carbons (Fsp3) is 0.471. The molecule has 0 saturated heterocycles. The van der Waals surface area contributed by atoms with E-state index in [0.717, 1.165) is 17.6 Å². The molecular formula is C17H23NO4. The number of ether oxygens (including phenoxy) is 2. The van der Waals surface area contributed by atoms with Crippen molar-refractivity contribution in [2.75, 3.05) is 20.8 Å². The van der Waals surface area contributed by atoms with Gasteiger partial charge in [0, 0.05) is 12.5 Å². The molecule has 5 heteroatoms. The molecule has 0 spiro atoms. The first-order valence-corrected chi connectivity index (χ1v) is 7.41. The molecule has 1 unspecified atom stereocenters. The molecular weight excluding hydrogens is 282 g/mol. The highest BCUT2D eigenvalue weighted by molar-refractivity contribution is 5.96. The minimum Gasteiger partial charge on any atom is -0.497 e. The number of rotatable bonds is 7. The fourth-order valence-corrected chi connectivity index (χ4v) is 2.46. The van der Waals surface area contributed by atoms with Crippen molar-refractivity contribution in [1.82, 2.24) is 5.32 Å². The third-order valence-corrected chi connectivity index (χ3v) is 3.41. The molecule has 0 aliphatic heterocycles. The Morgan fingerprint density at radius 2 is 2.05 bits per heavy atom. The Kier molecular flexibility index (Phi) is 5.44. The summed E-state index contributed by atoms with van der Waals surface area (Å²) in [6.45, 7) is 4.71. The van der Waals surface area contributed by atoms with Crippen LogP contribution in [-0.4, -0.2) is 32.8 Å². The van der Waals surface area contributed by atoms with Gasteiger partial charge in [0.2, 0.25) is 0 Å². The molecule has 1 heterocycles. The zero-order valence-electron chi connectivity index (χ0n) is 13.5. The summed E-state index contributed by atoms with van der Waals surface area (Å²) in [5.41, 5.74) is 0.665. The third-order valence-electron chi connectivity index (χ3n) is 3.41. The van der Waals surface area contributed by atoms with Gasteiger partial charge in [-0.2, -0.15) is 0 Å². The summed E-state index contributed by atoms with van der Waals surface area (Å²) >= 11 is 0. The van der Waals surface area contributed by atoms with Crippen LogP contribution in [0.3, 0.4) is 0 Å². The van der Waals surface area contributed by atoms with Gasteiger partial charge in [0.15, 0.2) is 5.76 Å². The summed E-state index contributed by atoms with van der Waals surface area (Å²) in [6.07, 6.45) is 0.855. The molecule has 1 amide bonds. The first-order valence-electron chi connectivity index (χ1n) is 7.41. The third kappa shape index (κ3) is 4.01. The average Bonchev–Trinajstić information content (AvgIpc) is 2.89. The molecule has 2 rings (SSSR count). The lowest BCUT2D eigenvalue weighted by Gasteiger charge is -2.19. The minimum atomic E-state index is -0.224. The van der Waals surface area contributed by atoms with Gasteiger partial charge in [-0.1, -0.05) is 13.8 Å². The quantitative estimate of drug-likeness (QED) is 0.853. The second-order valence-corrected chi connectivity index (χ2v) is 5.77. The molecule has 1 atom stereocenters. The van der Waals surface area contributed by atoms with Crippen molar-refractivity contribution in [2.24, 2.45) is 5.92 Å². The maximum atomic E-state index is 12.3. The molecule has 0 radical (unpaired) electrons. The van der Waals surface area contributed by atoms with Crippen molar-refractivity contribution in [1.29, 1.82) is 0 Å². The molecule has 22 heavy (non-hydrogen) atoms. The Balaban J connectivity index is 2.14. The average molecular weight is 305 g/mol. The van der Waals surface area contributed by atoms with Gasteiger partial charge in [-0.25, -0.2) is 0 Å². The van der Waals surface area contributed by atoms with Crippen LogP contribution in [0.4, 0.5) is 0 Å². The molecule has 1 aromatic carbocycles. The highest BCUT2D eigenvalue weighted by atomic mass is 16.5. The van der Waals surface area contributed by atoms with Gasteiger partial charge in [0.25, 0.3) is 5.91 Å².